The highest BCUT2D eigenvalue weighted by Crippen LogP contribution is 2.18. The second-order valence-corrected chi connectivity index (χ2v) is 4.13. The van der Waals surface area contributed by atoms with Crippen molar-refractivity contribution in [2.75, 3.05) is 6.54 Å². The Bertz CT molecular complexity index is 433. The smallest absolute Gasteiger partial charge is 0.326 e. The van der Waals surface area contributed by atoms with E-state index in [2.05, 4.69) is 15.3 Å². The Balaban J connectivity index is 1.93. The van der Waals surface area contributed by atoms with E-state index in [-0.39, 0.29) is 19.5 Å². The summed E-state index contributed by atoms with van der Waals surface area (Å²) in [5, 5.41) is 20.9. The molecule has 0 bridgehead atoms. The third-order valence-corrected chi connectivity index (χ3v) is 2.81. The Hall–Kier alpha value is -2.09. The van der Waals surface area contributed by atoms with Gasteiger partial charge in [0.2, 0.25) is 0 Å². The minimum absolute atomic E-state index is 0.0335. The number of aromatic amines is 1. The number of aliphatic hydroxyl groups excluding tert-OH is 1. The van der Waals surface area contributed by atoms with Crippen LogP contribution in [-0.4, -0.2) is 55.8 Å². The van der Waals surface area contributed by atoms with Gasteiger partial charge in [0.1, 0.15) is 6.04 Å². The van der Waals surface area contributed by atoms with Crippen LogP contribution in [0.15, 0.2) is 12.5 Å². The van der Waals surface area contributed by atoms with Gasteiger partial charge in [0.05, 0.1) is 24.7 Å². The number of urea groups is 1. The predicted molar refractivity (Wildman–Crippen MR) is 59.6 cm³/mol. The molecule has 0 aliphatic carbocycles. The lowest BCUT2D eigenvalue weighted by atomic mass is 10.2. The van der Waals surface area contributed by atoms with E-state index in [4.69, 9.17) is 5.11 Å². The van der Waals surface area contributed by atoms with Crippen molar-refractivity contribution >= 4 is 12.0 Å². The number of likely N-dealkylation sites (tertiary alicyclic amines) is 1. The number of carbonyl (C=O) groups excluding carboxylic acids is 1. The Kier molecular flexibility index (Phi) is 3.47. The number of carboxylic acid groups (broad SMARTS) is 1. The fourth-order valence-corrected chi connectivity index (χ4v) is 1.93. The molecule has 2 heterocycles. The van der Waals surface area contributed by atoms with E-state index >= 15 is 0 Å². The Morgan fingerprint density at radius 2 is 2.39 bits per heavy atom. The number of nitrogens with one attached hydrogen (secondary N) is 2. The van der Waals surface area contributed by atoms with E-state index in [0.717, 1.165) is 10.6 Å². The van der Waals surface area contributed by atoms with Gasteiger partial charge in [-0.05, 0) is 0 Å². The predicted octanol–water partition coefficient (Wildman–Crippen LogP) is -0.861. The topological polar surface area (TPSA) is 119 Å². The number of amides is 2. The Morgan fingerprint density at radius 3 is 3.00 bits per heavy atom. The van der Waals surface area contributed by atoms with Crippen LogP contribution in [0.5, 0.6) is 0 Å². The van der Waals surface area contributed by atoms with Crippen molar-refractivity contribution < 1.29 is 19.8 Å². The molecule has 0 radical (unpaired) electrons. The van der Waals surface area contributed by atoms with E-state index in [1.54, 1.807) is 6.20 Å². The van der Waals surface area contributed by atoms with Gasteiger partial charge in [-0.1, -0.05) is 0 Å². The molecule has 1 aliphatic rings. The van der Waals surface area contributed by atoms with Crippen LogP contribution >= 0.6 is 0 Å². The zero-order valence-corrected chi connectivity index (χ0v) is 9.54. The average molecular weight is 254 g/mol. The lowest BCUT2D eigenvalue weighted by Gasteiger charge is -2.21. The maximum absolute atomic E-state index is 11.8. The van der Waals surface area contributed by atoms with Crippen molar-refractivity contribution in [3.05, 3.63) is 18.2 Å². The van der Waals surface area contributed by atoms with Crippen LogP contribution in [0.1, 0.15) is 12.1 Å². The summed E-state index contributed by atoms with van der Waals surface area (Å²) in [6, 6.07) is -1.48. The van der Waals surface area contributed by atoms with Crippen LogP contribution in [0.3, 0.4) is 0 Å². The molecule has 0 spiro atoms. The largest absolute Gasteiger partial charge is 0.480 e. The van der Waals surface area contributed by atoms with Gasteiger partial charge in [0.25, 0.3) is 0 Å². The average Bonchev–Trinajstić information content (AvgIpc) is 2.94. The molecule has 2 amide bonds. The van der Waals surface area contributed by atoms with Crippen molar-refractivity contribution in [3.8, 4) is 0 Å². The number of carboxylic acids is 1. The van der Waals surface area contributed by atoms with Crippen molar-refractivity contribution in [1.29, 1.82) is 0 Å². The zero-order valence-electron chi connectivity index (χ0n) is 9.54. The molecule has 2 atom stereocenters. The second-order valence-electron chi connectivity index (χ2n) is 4.13. The van der Waals surface area contributed by atoms with Crippen LogP contribution in [0.4, 0.5) is 4.79 Å². The number of aliphatic hydroxyl groups is 1. The Labute approximate surface area is 103 Å². The number of imidazole rings is 1. The summed E-state index contributed by atoms with van der Waals surface area (Å²) in [5.74, 6) is -1.11. The standard InChI is InChI=1S/C10H14N4O4/c15-7-1-8(9(16)17)14(4-7)10(18)12-3-6-2-11-5-13-6/h2,5,7-8,15H,1,3-4H2,(H,11,13)(H,12,18)(H,16,17). The van der Waals surface area contributed by atoms with Gasteiger partial charge in [-0.15, -0.1) is 0 Å². The van der Waals surface area contributed by atoms with Crippen LogP contribution in [0.2, 0.25) is 0 Å². The number of aliphatic carboxylic acids is 1. The number of hydrogen-bond acceptors (Lipinski definition) is 4. The minimum atomic E-state index is -1.11. The van der Waals surface area contributed by atoms with Gasteiger partial charge < -0.3 is 25.4 Å². The van der Waals surface area contributed by atoms with E-state index in [0.29, 0.717) is 0 Å². The highest BCUT2D eigenvalue weighted by atomic mass is 16.4. The molecule has 0 saturated carbocycles. The zero-order chi connectivity index (χ0) is 13.1. The molecule has 1 fully saturated rings. The van der Waals surface area contributed by atoms with E-state index in [1.165, 1.54) is 6.33 Å². The molecule has 2 rings (SSSR count). The molecule has 8 nitrogen and oxygen atoms in total. The number of nitrogens with zero attached hydrogens (tertiary/aromatic N) is 2. The number of hydrogen-bond donors (Lipinski definition) is 4. The van der Waals surface area contributed by atoms with Crippen molar-refractivity contribution in [1.82, 2.24) is 20.2 Å². The minimum Gasteiger partial charge on any atom is -0.480 e. The van der Waals surface area contributed by atoms with Crippen molar-refractivity contribution in [2.24, 2.45) is 0 Å². The monoisotopic (exact) mass is 254 g/mol. The molecule has 18 heavy (non-hydrogen) atoms. The molecule has 0 aromatic carbocycles. The highest BCUT2D eigenvalue weighted by molar-refractivity contribution is 5.83. The molecule has 1 aromatic rings. The highest BCUT2D eigenvalue weighted by Gasteiger charge is 2.38. The van der Waals surface area contributed by atoms with Gasteiger partial charge in [0, 0.05) is 19.2 Å². The van der Waals surface area contributed by atoms with Crippen molar-refractivity contribution in [3.63, 3.8) is 0 Å². The first-order valence-electron chi connectivity index (χ1n) is 5.50. The number of rotatable bonds is 3. The fraction of sp³-hybridized carbons (Fsp3) is 0.500. The first-order valence-corrected chi connectivity index (χ1v) is 5.50. The molecule has 8 heteroatoms. The lowest BCUT2D eigenvalue weighted by molar-refractivity contribution is -0.141. The first kappa shape index (κ1) is 12.4. The summed E-state index contributed by atoms with van der Waals surface area (Å²) in [5.41, 5.74) is 0.718. The Morgan fingerprint density at radius 1 is 1.61 bits per heavy atom. The molecule has 1 aromatic heterocycles. The number of aromatic nitrogens is 2. The summed E-state index contributed by atoms with van der Waals surface area (Å²) < 4.78 is 0. The molecular formula is C10H14N4O4. The summed E-state index contributed by atoms with van der Waals surface area (Å²) in [6.07, 6.45) is 2.32. The maximum atomic E-state index is 11.8. The van der Waals surface area contributed by atoms with Gasteiger partial charge >= 0.3 is 12.0 Å². The van der Waals surface area contributed by atoms with Crippen LogP contribution in [0, 0.1) is 0 Å². The molecule has 2 unspecified atom stereocenters. The van der Waals surface area contributed by atoms with E-state index < -0.39 is 24.1 Å². The van der Waals surface area contributed by atoms with Crippen molar-refractivity contribution in [2.45, 2.75) is 25.1 Å². The van der Waals surface area contributed by atoms with Crippen LogP contribution in [0.25, 0.3) is 0 Å². The van der Waals surface area contributed by atoms with Gasteiger partial charge in [-0.3, -0.25) is 0 Å². The molecule has 1 saturated heterocycles. The molecule has 1 aliphatic heterocycles. The summed E-state index contributed by atoms with van der Waals surface area (Å²) in [6.45, 7) is 0.267. The van der Waals surface area contributed by atoms with Crippen LogP contribution < -0.4 is 5.32 Å². The SMILES string of the molecule is O=C(O)C1CC(O)CN1C(=O)NCc1cnc[nH]1. The fourth-order valence-electron chi connectivity index (χ4n) is 1.93. The normalized spacial score (nSPS) is 23.1. The summed E-state index contributed by atoms with van der Waals surface area (Å²) >= 11 is 0. The third-order valence-electron chi connectivity index (χ3n) is 2.81. The second kappa shape index (κ2) is 5.05. The number of β-amino-alcohol motifs (C(OH)–C–C–N with tert-alkyl or cyclic N) is 1. The quantitative estimate of drug-likeness (QED) is 0.559. The molecule has 4 N–H and O–H groups in total. The molecule has 98 valence electrons. The van der Waals surface area contributed by atoms with Crippen LogP contribution in [-0.2, 0) is 11.3 Å². The number of H-pyrrole nitrogens is 1. The lowest BCUT2D eigenvalue weighted by Crippen LogP contribution is -2.46. The summed E-state index contributed by atoms with van der Waals surface area (Å²) in [4.78, 5) is 30.5. The third kappa shape index (κ3) is 2.59. The molecular weight excluding hydrogens is 240 g/mol. The first-order chi connectivity index (χ1) is 8.58. The van der Waals surface area contributed by atoms with E-state index in [1.807, 2.05) is 0 Å². The van der Waals surface area contributed by atoms with Gasteiger partial charge in [-0.25, -0.2) is 14.6 Å². The maximum Gasteiger partial charge on any atom is 0.326 e. The number of carbonyl (C=O) groups is 2. The van der Waals surface area contributed by atoms with Gasteiger partial charge in [-0.2, -0.15) is 0 Å². The summed E-state index contributed by atoms with van der Waals surface area (Å²) in [7, 11) is 0. The van der Waals surface area contributed by atoms with Gasteiger partial charge in [0.15, 0.2) is 0 Å². The van der Waals surface area contributed by atoms with E-state index in [9.17, 15) is 14.7 Å².